The van der Waals surface area contributed by atoms with Gasteiger partial charge in [-0.1, -0.05) is 0 Å². The van der Waals surface area contributed by atoms with Gasteiger partial charge in [-0.2, -0.15) is 0 Å². The minimum absolute atomic E-state index is 0.0203. The number of phenols is 1. The number of nitro benzene ring substituents is 1. The zero-order valence-electron chi connectivity index (χ0n) is 17.7. The number of phenolic OH excluding ortho intramolecular Hbond substituents is 1. The Morgan fingerprint density at radius 1 is 1.24 bits per heavy atom. The first-order valence-electron chi connectivity index (χ1n) is 10.00. The summed E-state index contributed by atoms with van der Waals surface area (Å²) < 4.78 is 0. The molecular weight excluding hydrogens is 438 g/mol. The van der Waals surface area contributed by atoms with Crippen LogP contribution in [0.4, 0.5) is 11.4 Å². The molecule has 3 aliphatic carbocycles. The maximum Gasteiger partial charge on any atom is 0.313 e. The topological polar surface area (TPSA) is 205 Å². The van der Waals surface area contributed by atoms with Crippen LogP contribution >= 0.6 is 0 Å². The maximum atomic E-state index is 13.4. The Morgan fingerprint density at radius 3 is 2.42 bits per heavy atom. The molecule has 1 aromatic rings. The van der Waals surface area contributed by atoms with E-state index in [0.717, 1.165) is 6.07 Å². The van der Waals surface area contributed by atoms with Gasteiger partial charge in [-0.15, -0.1) is 0 Å². The van der Waals surface area contributed by atoms with Crippen molar-refractivity contribution < 1.29 is 39.7 Å². The summed E-state index contributed by atoms with van der Waals surface area (Å²) in [5.74, 6) is -7.87. The molecule has 0 aromatic heterocycles. The highest BCUT2D eigenvalue weighted by Crippen LogP contribution is 2.54. The van der Waals surface area contributed by atoms with Crippen LogP contribution in [0.3, 0.4) is 0 Å². The number of nitrogens with two attached hydrogens (primary N) is 1. The third-order valence-corrected chi connectivity index (χ3v) is 6.70. The Morgan fingerprint density at radius 2 is 1.88 bits per heavy atom. The molecule has 1 aromatic carbocycles. The summed E-state index contributed by atoms with van der Waals surface area (Å²) >= 11 is 0. The molecule has 3 atom stereocenters. The average molecular weight is 459 g/mol. The van der Waals surface area contributed by atoms with Gasteiger partial charge >= 0.3 is 5.69 Å². The van der Waals surface area contributed by atoms with Crippen LogP contribution in [0.2, 0.25) is 0 Å². The smallest absolute Gasteiger partial charge is 0.313 e. The molecule has 3 aliphatic rings. The molecular formula is C21H21N3O9. The van der Waals surface area contributed by atoms with Gasteiger partial charge in [0.2, 0.25) is 11.5 Å². The molecule has 174 valence electrons. The highest BCUT2D eigenvalue weighted by Gasteiger charge is 2.60. The van der Waals surface area contributed by atoms with Gasteiger partial charge in [-0.25, -0.2) is 0 Å². The van der Waals surface area contributed by atoms with Gasteiger partial charge in [0.25, 0.3) is 5.91 Å². The molecule has 0 heterocycles. The molecule has 0 radical (unpaired) electrons. The van der Waals surface area contributed by atoms with Crippen molar-refractivity contribution in [2.45, 2.75) is 24.9 Å². The number of ketones is 2. The maximum absolute atomic E-state index is 13.4. The second kappa shape index (κ2) is 7.04. The van der Waals surface area contributed by atoms with Crippen LogP contribution in [-0.4, -0.2) is 62.5 Å². The van der Waals surface area contributed by atoms with E-state index in [-0.39, 0.29) is 24.0 Å². The Balaban J connectivity index is 1.99. The normalized spacial score (nSPS) is 26.5. The van der Waals surface area contributed by atoms with Gasteiger partial charge in [0.05, 0.1) is 10.5 Å². The fourth-order valence-electron chi connectivity index (χ4n) is 5.19. The SMILES string of the molecule is CN(C)c1cc([N+](=O)[O-])c(O)c2c1CC1CC3CC(=O)C(C(N)=O)=C(O)C3(O)C(=O)C1=C2O. The van der Waals surface area contributed by atoms with E-state index in [1.807, 2.05) is 0 Å². The molecule has 6 N–H and O–H groups in total. The van der Waals surface area contributed by atoms with Crippen LogP contribution in [0, 0.1) is 22.0 Å². The summed E-state index contributed by atoms with van der Waals surface area (Å²) in [7, 11) is 3.23. The molecule has 33 heavy (non-hydrogen) atoms. The Bertz CT molecular complexity index is 1230. The number of hydrogen-bond acceptors (Lipinski definition) is 10. The number of anilines is 1. The van der Waals surface area contributed by atoms with Crippen molar-refractivity contribution in [1.82, 2.24) is 0 Å². The lowest BCUT2D eigenvalue weighted by atomic mass is 9.59. The molecule has 1 saturated carbocycles. The number of aromatic hydroxyl groups is 1. The van der Waals surface area contributed by atoms with Crippen molar-refractivity contribution in [3.05, 3.63) is 44.2 Å². The molecule has 0 aliphatic heterocycles. The third-order valence-electron chi connectivity index (χ3n) is 6.70. The minimum atomic E-state index is -2.68. The number of primary amides is 1. The molecule has 0 spiro atoms. The third kappa shape index (κ3) is 2.83. The second-order valence-electron chi connectivity index (χ2n) is 8.68. The first-order chi connectivity index (χ1) is 15.3. The lowest BCUT2D eigenvalue weighted by molar-refractivity contribution is -0.385. The van der Waals surface area contributed by atoms with Gasteiger partial charge < -0.3 is 31.1 Å². The van der Waals surface area contributed by atoms with E-state index in [2.05, 4.69) is 0 Å². The number of benzene rings is 1. The number of nitrogens with zero attached hydrogens (tertiary/aromatic N) is 2. The first kappa shape index (κ1) is 22.3. The van der Waals surface area contributed by atoms with Crippen molar-refractivity contribution in [3.8, 4) is 5.75 Å². The summed E-state index contributed by atoms with van der Waals surface area (Å²) in [6, 6.07) is 1.16. The van der Waals surface area contributed by atoms with E-state index in [4.69, 9.17) is 5.73 Å². The number of Topliss-reactive ketones (excluding diaryl/α,β-unsaturated/α-hetero) is 2. The van der Waals surface area contributed by atoms with Gasteiger partial charge in [0, 0.05) is 43.8 Å². The second-order valence-corrected chi connectivity index (χ2v) is 8.68. The van der Waals surface area contributed by atoms with E-state index in [9.17, 15) is 44.9 Å². The van der Waals surface area contributed by atoms with Crippen LogP contribution in [0.5, 0.6) is 5.75 Å². The number of aliphatic hydroxyl groups excluding tert-OH is 2. The van der Waals surface area contributed by atoms with Gasteiger partial charge in [0.15, 0.2) is 11.4 Å². The molecule has 3 unspecified atom stereocenters. The number of nitro groups is 1. The fraction of sp³-hybridized carbons (Fsp3) is 0.381. The zero-order valence-corrected chi connectivity index (χ0v) is 17.7. The molecule has 0 bridgehead atoms. The summed E-state index contributed by atoms with van der Waals surface area (Å²) in [6.07, 6.45) is -0.380. The number of rotatable bonds is 3. The number of fused-ring (bicyclic) bond motifs is 3. The molecule has 4 rings (SSSR count). The van der Waals surface area contributed by atoms with Crippen molar-refractivity contribution in [2.75, 3.05) is 19.0 Å². The average Bonchev–Trinajstić information content (AvgIpc) is 2.70. The van der Waals surface area contributed by atoms with Gasteiger partial charge in [0.1, 0.15) is 17.1 Å². The molecule has 1 amide bonds. The molecule has 0 saturated heterocycles. The van der Waals surface area contributed by atoms with Crippen LogP contribution < -0.4 is 10.6 Å². The van der Waals surface area contributed by atoms with Crippen LogP contribution in [0.25, 0.3) is 5.76 Å². The lowest BCUT2D eigenvalue weighted by Crippen LogP contribution is -2.58. The van der Waals surface area contributed by atoms with Crippen LogP contribution in [0.15, 0.2) is 23.0 Å². The summed E-state index contributed by atoms with van der Waals surface area (Å²) in [4.78, 5) is 49.6. The Hall–Kier alpha value is -3.93. The standard InChI is InChI=1S/C21H21N3O9/c1-23(2)10-6-11(24(32)33)16(26)14-9(10)4-7-3-8-5-12(25)15(20(22)30)19(29)21(8,31)18(28)13(7)17(14)27/h6-8,26-27,29,31H,3-5H2,1-2H3,(H2,22,30). The zero-order chi connectivity index (χ0) is 24.6. The van der Waals surface area contributed by atoms with E-state index < -0.39 is 74.8 Å². The highest BCUT2D eigenvalue weighted by atomic mass is 16.6. The lowest BCUT2D eigenvalue weighted by Gasteiger charge is -2.46. The van der Waals surface area contributed by atoms with Gasteiger partial charge in [-0.05, 0) is 24.3 Å². The predicted molar refractivity (Wildman–Crippen MR) is 112 cm³/mol. The van der Waals surface area contributed by atoms with E-state index in [1.165, 1.54) is 0 Å². The molecule has 12 nitrogen and oxygen atoms in total. The first-order valence-corrected chi connectivity index (χ1v) is 10.00. The summed E-state index contributed by atoms with van der Waals surface area (Å²) in [5, 5.41) is 54.8. The molecule has 1 fully saturated rings. The number of carbonyl (C=O) groups excluding carboxylic acids is 3. The van der Waals surface area contributed by atoms with Gasteiger partial charge in [-0.3, -0.25) is 24.5 Å². The van der Waals surface area contributed by atoms with E-state index in [1.54, 1.807) is 19.0 Å². The number of aliphatic hydroxyl groups is 3. The quantitative estimate of drug-likeness (QED) is 0.239. The summed E-state index contributed by atoms with van der Waals surface area (Å²) in [6.45, 7) is 0. The Labute approximate surface area is 186 Å². The van der Waals surface area contributed by atoms with Crippen molar-refractivity contribution in [3.63, 3.8) is 0 Å². The Kier molecular flexibility index (Phi) is 4.75. The van der Waals surface area contributed by atoms with E-state index >= 15 is 0 Å². The predicted octanol–water partition coefficient (Wildman–Crippen LogP) is 0.398. The van der Waals surface area contributed by atoms with Crippen molar-refractivity contribution in [2.24, 2.45) is 17.6 Å². The number of hydrogen-bond donors (Lipinski definition) is 5. The summed E-state index contributed by atoms with van der Waals surface area (Å²) in [5.41, 5.74) is 0.904. The monoisotopic (exact) mass is 459 g/mol. The fourth-order valence-corrected chi connectivity index (χ4v) is 5.19. The van der Waals surface area contributed by atoms with E-state index in [0.29, 0.717) is 11.3 Å². The van der Waals surface area contributed by atoms with Crippen molar-refractivity contribution >= 4 is 34.6 Å². The minimum Gasteiger partial charge on any atom is -0.508 e. The molecule has 12 heteroatoms. The number of amides is 1. The van der Waals surface area contributed by atoms with Crippen molar-refractivity contribution in [1.29, 1.82) is 0 Å². The number of carbonyl (C=O) groups is 3. The highest BCUT2D eigenvalue weighted by molar-refractivity contribution is 6.22. The largest absolute Gasteiger partial charge is 0.508 e. The van der Waals surface area contributed by atoms with Crippen LogP contribution in [0.1, 0.15) is 24.0 Å². The van der Waals surface area contributed by atoms with Crippen LogP contribution in [-0.2, 0) is 20.8 Å².